The Morgan fingerprint density at radius 3 is 1.26 bits per heavy atom. The summed E-state index contributed by atoms with van der Waals surface area (Å²) in [4.78, 5) is 28.3. The van der Waals surface area contributed by atoms with E-state index in [0.717, 1.165) is 44.9 Å². The average Bonchev–Trinajstić information content (AvgIpc) is 3.08. The first-order valence-corrected chi connectivity index (χ1v) is 19.2. The molecule has 0 unspecified atom stereocenters. The molecule has 0 saturated carbocycles. The van der Waals surface area contributed by atoms with E-state index in [1.54, 1.807) is 36.4 Å². The number of carbonyl (C=O) groups is 2. The van der Waals surface area contributed by atoms with Gasteiger partial charge in [0, 0.05) is 0 Å². The van der Waals surface area contributed by atoms with Crippen molar-refractivity contribution in [2.24, 2.45) is 5.73 Å². The molecular formula is C37H50F3N2O4P. The third-order valence-electron chi connectivity index (χ3n) is 8.68. The fourth-order valence-corrected chi connectivity index (χ4v) is 12.1. The molecule has 258 valence electrons. The number of hydrogen-bond donors (Lipinski definition) is 2. The minimum absolute atomic E-state index is 0.294. The maximum atomic E-state index is 14.0. The zero-order valence-electron chi connectivity index (χ0n) is 27.3. The van der Waals surface area contributed by atoms with Gasteiger partial charge in [0.25, 0.3) is 0 Å². The molecule has 3 rings (SSSR count). The molecule has 3 N–H and O–H groups in total. The number of benzene rings is 3. The Kier molecular flexibility index (Phi) is 15.7. The first-order valence-electron chi connectivity index (χ1n) is 16.9. The van der Waals surface area contributed by atoms with Crippen molar-refractivity contribution in [3.63, 3.8) is 0 Å². The Bertz CT molecular complexity index is 1230. The number of carbonyl (C=O) groups excluding carboxylic acids is 2. The second kappa shape index (κ2) is 19.4. The minimum atomic E-state index is -5.14. The topological polar surface area (TPSA) is 90.7 Å². The van der Waals surface area contributed by atoms with Crippen molar-refractivity contribution in [3.05, 3.63) is 91.0 Å². The van der Waals surface area contributed by atoms with E-state index in [9.17, 15) is 22.8 Å². The van der Waals surface area contributed by atoms with Crippen LogP contribution in [0.3, 0.4) is 0 Å². The van der Waals surface area contributed by atoms with Gasteiger partial charge in [0.1, 0.15) is 0 Å². The normalized spacial score (nSPS) is 12.6. The molecule has 0 heterocycles. The van der Waals surface area contributed by atoms with Gasteiger partial charge in [-0.25, -0.2) is 10.3 Å². The standard InChI is InChI=1S/C37H50F3N2O4P/c38-37(39,40)35(43)46-47(32-24-16-13-17-25-32,33-26-18-14-19-27-33,34-28-20-15-21-29-34)31-23-12-10-8-6-4-2-1-3-5-7-9-11-22-30-45-42-36(41)44/h13-21,24-29H,1-12,22-23,30-31H2,(H3,41,42,44). The van der Waals surface area contributed by atoms with E-state index in [4.69, 9.17) is 15.1 Å². The van der Waals surface area contributed by atoms with Crippen molar-refractivity contribution < 1.29 is 32.1 Å². The van der Waals surface area contributed by atoms with Crippen LogP contribution >= 0.6 is 6.83 Å². The number of halogens is 3. The average molecular weight is 675 g/mol. The molecule has 0 fully saturated rings. The molecule has 0 saturated heterocycles. The van der Waals surface area contributed by atoms with E-state index in [2.05, 4.69) is 5.48 Å². The zero-order valence-corrected chi connectivity index (χ0v) is 28.2. The van der Waals surface area contributed by atoms with Crippen LogP contribution in [0.2, 0.25) is 0 Å². The third-order valence-corrected chi connectivity index (χ3v) is 14.6. The van der Waals surface area contributed by atoms with Crippen molar-refractivity contribution in [2.45, 2.75) is 96.1 Å². The van der Waals surface area contributed by atoms with Gasteiger partial charge >= 0.3 is 231 Å². The third kappa shape index (κ3) is 11.1. The summed E-state index contributed by atoms with van der Waals surface area (Å²) in [5.74, 6) is -2.16. The van der Waals surface area contributed by atoms with Crippen LogP contribution in [0, 0.1) is 0 Å². The predicted octanol–water partition coefficient (Wildman–Crippen LogP) is 8.60. The number of nitrogens with one attached hydrogen (secondary N) is 1. The number of unbranched alkanes of at least 4 members (excludes halogenated alkanes) is 13. The molecule has 2 amide bonds. The Hall–Kier alpha value is -3.42. The van der Waals surface area contributed by atoms with Crippen LogP contribution in [-0.4, -0.2) is 30.9 Å². The Balaban J connectivity index is 1.57. The molecule has 0 bridgehead atoms. The van der Waals surface area contributed by atoms with E-state index >= 15 is 0 Å². The molecule has 0 aliphatic heterocycles. The van der Waals surface area contributed by atoms with E-state index < -0.39 is 25.0 Å². The van der Waals surface area contributed by atoms with Gasteiger partial charge in [-0.2, -0.15) is 0 Å². The summed E-state index contributed by atoms with van der Waals surface area (Å²) in [5, 5.41) is 1.83. The monoisotopic (exact) mass is 674 g/mol. The van der Waals surface area contributed by atoms with Crippen LogP contribution in [0.4, 0.5) is 18.0 Å². The van der Waals surface area contributed by atoms with Crippen molar-refractivity contribution in [3.8, 4) is 0 Å². The van der Waals surface area contributed by atoms with Crippen molar-refractivity contribution in [1.29, 1.82) is 0 Å². The first kappa shape index (κ1) is 38.0. The SMILES string of the molecule is NC(=O)NOCCCCCCCCCCCCCCCCP(OC(=O)C(F)(F)F)(c1ccccc1)(c1ccccc1)c1ccccc1. The predicted molar refractivity (Wildman–Crippen MR) is 185 cm³/mol. The Morgan fingerprint density at radius 1 is 0.574 bits per heavy atom. The number of hydroxylamine groups is 1. The molecule has 0 atom stereocenters. The summed E-state index contributed by atoms with van der Waals surface area (Å²) in [6.07, 6.45) is 10.1. The van der Waals surface area contributed by atoms with E-state index in [1.165, 1.54) is 38.5 Å². The second-order valence-corrected chi connectivity index (χ2v) is 16.7. The number of urea groups is 1. The molecule has 3 aromatic rings. The zero-order chi connectivity index (χ0) is 33.9. The fraction of sp³-hybridized carbons (Fsp3) is 0.459. The van der Waals surface area contributed by atoms with Gasteiger partial charge in [-0.15, -0.1) is 0 Å². The molecule has 6 nitrogen and oxygen atoms in total. The van der Waals surface area contributed by atoms with Crippen LogP contribution < -0.4 is 27.1 Å². The maximum absolute atomic E-state index is 14.0. The van der Waals surface area contributed by atoms with Gasteiger partial charge in [-0.1, -0.05) is 12.8 Å². The Labute approximate surface area is 277 Å². The van der Waals surface area contributed by atoms with Gasteiger partial charge in [0.2, 0.25) is 0 Å². The molecule has 10 heteroatoms. The number of rotatable bonds is 22. The van der Waals surface area contributed by atoms with Crippen LogP contribution in [-0.2, 0) is 14.2 Å². The molecule has 3 aromatic carbocycles. The number of amides is 2. The van der Waals surface area contributed by atoms with Crippen LogP contribution in [0.15, 0.2) is 91.0 Å². The number of hydrogen-bond acceptors (Lipinski definition) is 4. The van der Waals surface area contributed by atoms with Gasteiger partial charge in [-0.05, 0) is 6.42 Å². The van der Waals surface area contributed by atoms with Gasteiger partial charge in [0.05, 0.1) is 6.61 Å². The molecule has 0 aliphatic carbocycles. The fourth-order valence-electron chi connectivity index (χ4n) is 6.33. The molecular weight excluding hydrogens is 624 g/mol. The quantitative estimate of drug-likeness (QED) is 0.0635. The summed E-state index contributed by atoms with van der Waals surface area (Å²) in [5.41, 5.74) is 7.06. The summed E-state index contributed by atoms with van der Waals surface area (Å²) in [6, 6.07) is 26.4. The van der Waals surface area contributed by atoms with Crippen LogP contribution in [0.25, 0.3) is 0 Å². The number of nitrogens with two attached hydrogens (primary N) is 1. The molecule has 0 aliphatic rings. The van der Waals surface area contributed by atoms with Crippen molar-refractivity contribution in [1.82, 2.24) is 5.48 Å². The van der Waals surface area contributed by atoms with E-state index in [1.807, 2.05) is 54.6 Å². The summed E-state index contributed by atoms with van der Waals surface area (Å²) in [6.45, 7) is -3.91. The molecule has 0 spiro atoms. The van der Waals surface area contributed by atoms with Gasteiger partial charge < -0.3 is 5.73 Å². The summed E-state index contributed by atoms with van der Waals surface area (Å²) < 4.78 is 48.0. The van der Waals surface area contributed by atoms with Crippen molar-refractivity contribution >= 4 is 34.7 Å². The van der Waals surface area contributed by atoms with E-state index in [0.29, 0.717) is 35.1 Å². The molecule has 0 aromatic heterocycles. The number of alkyl halides is 3. The second-order valence-electron chi connectivity index (χ2n) is 12.1. The van der Waals surface area contributed by atoms with Gasteiger partial charge in [-0.3, -0.25) is 4.84 Å². The van der Waals surface area contributed by atoms with Crippen LogP contribution in [0.1, 0.15) is 89.9 Å². The first-order chi connectivity index (χ1) is 22.7. The van der Waals surface area contributed by atoms with Crippen LogP contribution in [0.5, 0.6) is 0 Å². The Morgan fingerprint density at radius 2 is 0.915 bits per heavy atom. The summed E-state index contributed by atoms with van der Waals surface area (Å²) in [7, 11) is 0. The summed E-state index contributed by atoms with van der Waals surface area (Å²) >= 11 is 0. The van der Waals surface area contributed by atoms with E-state index in [-0.39, 0.29) is 0 Å². The van der Waals surface area contributed by atoms with Crippen molar-refractivity contribution in [2.75, 3.05) is 12.8 Å². The number of primary amides is 1. The molecule has 47 heavy (non-hydrogen) atoms. The van der Waals surface area contributed by atoms with Gasteiger partial charge in [0.15, 0.2) is 0 Å². The molecule has 0 radical (unpaired) electrons.